The van der Waals surface area contributed by atoms with E-state index < -0.39 is 0 Å². The Bertz CT molecular complexity index is 1090. The van der Waals surface area contributed by atoms with E-state index in [2.05, 4.69) is 50.3 Å². The number of aromatic amines is 1. The number of rotatable bonds is 5. The van der Waals surface area contributed by atoms with E-state index in [1.807, 2.05) is 6.07 Å². The highest BCUT2D eigenvalue weighted by Gasteiger charge is 2.36. The second-order valence-electron chi connectivity index (χ2n) is 9.25. The summed E-state index contributed by atoms with van der Waals surface area (Å²) < 4.78 is 2.05. The van der Waals surface area contributed by atoms with E-state index in [4.69, 9.17) is 0 Å². The maximum absolute atomic E-state index is 13.3. The van der Waals surface area contributed by atoms with Gasteiger partial charge in [-0.1, -0.05) is 32.3 Å². The normalized spacial score (nSPS) is 19.6. The lowest BCUT2D eigenvalue weighted by Crippen LogP contribution is -3.13. The second-order valence-corrected chi connectivity index (χ2v) is 9.25. The van der Waals surface area contributed by atoms with Crippen LogP contribution in [0.15, 0.2) is 29.1 Å². The number of aromatic nitrogens is 5. The van der Waals surface area contributed by atoms with Crippen LogP contribution in [0.2, 0.25) is 0 Å². The quantitative estimate of drug-likeness (QED) is 0.664. The van der Waals surface area contributed by atoms with Gasteiger partial charge in [-0.25, -0.2) is 4.68 Å². The Morgan fingerprint density at radius 2 is 1.87 bits per heavy atom. The van der Waals surface area contributed by atoms with Gasteiger partial charge in [0.2, 0.25) is 5.82 Å². The molecule has 3 aromatic rings. The lowest BCUT2D eigenvalue weighted by Gasteiger charge is -2.32. The summed E-state index contributed by atoms with van der Waals surface area (Å²) in [5.74, 6) is 0.861. The van der Waals surface area contributed by atoms with Gasteiger partial charge in [-0.15, -0.1) is 5.10 Å². The number of pyridine rings is 1. The van der Waals surface area contributed by atoms with Crippen LogP contribution in [0, 0.1) is 0 Å². The van der Waals surface area contributed by atoms with Crippen molar-refractivity contribution in [2.24, 2.45) is 0 Å². The number of aryl methyl sites for hydroxylation is 1. The van der Waals surface area contributed by atoms with Crippen molar-refractivity contribution in [1.82, 2.24) is 25.2 Å². The Labute approximate surface area is 182 Å². The molecule has 1 saturated heterocycles. The van der Waals surface area contributed by atoms with Gasteiger partial charge in [-0.3, -0.25) is 4.79 Å². The van der Waals surface area contributed by atoms with Gasteiger partial charge in [0.05, 0.1) is 24.7 Å². The number of H-pyrrole nitrogens is 1. The van der Waals surface area contributed by atoms with Crippen LogP contribution in [-0.2, 0) is 6.42 Å². The van der Waals surface area contributed by atoms with Crippen molar-refractivity contribution < 1.29 is 4.90 Å². The third kappa shape index (κ3) is 4.03. The van der Waals surface area contributed by atoms with Crippen LogP contribution in [-0.4, -0.2) is 38.3 Å². The lowest BCUT2D eigenvalue weighted by molar-refractivity contribution is -0.931. The molecular weight excluding hydrogens is 388 g/mol. The van der Waals surface area contributed by atoms with Crippen molar-refractivity contribution in [1.29, 1.82) is 0 Å². The fourth-order valence-electron chi connectivity index (χ4n) is 5.52. The van der Waals surface area contributed by atoms with E-state index in [1.165, 1.54) is 49.0 Å². The first-order valence-corrected chi connectivity index (χ1v) is 12.0. The van der Waals surface area contributed by atoms with Gasteiger partial charge < -0.3 is 9.88 Å². The van der Waals surface area contributed by atoms with Crippen molar-refractivity contribution in [3.63, 3.8) is 0 Å². The van der Waals surface area contributed by atoms with E-state index in [0.29, 0.717) is 6.04 Å². The molecule has 5 rings (SSSR count). The molecule has 7 heteroatoms. The van der Waals surface area contributed by atoms with Gasteiger partial charge in [0.1, 0.15) is 0 Å². The van der Waals surface area contributed by atoms with Crippen LogP contribution in [0.1, 0.15) is 87.3 Å². The highest BCUT2D eigenvalue weighted by molar-refractivity contribution is 5.79. The standard InChI is InChI=1S/C24H32N6O/c1-2-17-11-12-21-18(15-17)16-20(24(31)25-21)22(29-13-7-4-8-14-29)23-26-27-28-30(23)19-9-5-3-6-10-19/h11-12,15-16,19,22H,2-10,13-14H2,1H3,(H,25,31)/p+1/t22-/m0/s1. The molecule has 7 nitrogen and oxygen atoms in total. The number of benzene rings is 1. The van der Waals surface area contributed by atoms with Gasteiger partial charge >= 0.3 is 0 Å². The monoisotopic (exact) mass is 421 g/mol. The number of hydrogen-bond donors (Lipinski definition) is 2. The Hall–Kier alpha value is -2.54. The number of nitrogens with one attached hydrogen (secondary N) is 2. The summed E-state index contributed by atoms with van der Waals surface area (Å²) in [4.78, 5) is 17.9. The molecule has 3 heterocycles. The van der Waals surface area contributed by atoms with E-state index in [0.717, 1.165) is 54.6 Å². The zero-order chi connectivity index (χ0) is 21.2. The molecule has 1 saturated carbocycles. The smallest absolute Gasteiger partial charge is 0.258 e. The maximum Gasteiger partial charge on any atom is 0.258 e. The first-order valence-electron chi connectivity index (χ1n) is 12.0. The number of hydrogen-bond acceptors (Lipinski definition) is 4. The first-order chi connectivity index (χ1) is 15.2. The lowest BCUT2D eigenvalue weighted by atomic mass is 9.94. The van der Waals surface area contributed by atoms with Crippen LogP contribution < -0.4 is 10.5 Å². The van der Waals surface area contributed by atoms with Crippen molar-refractivity contribution in [3.8, 4) is 0 Å². The van der Waals surface area contributed by atoms with Crippen molar-refractivity contribution in [2.75, 3.05) is 13.1 Å². The Morgan fingerprint density at radius 1 is 1.10 bits per heavy atom. The van der Waals surface area contributed by atoms with Gasteiger partial charge in [0, 0.05) is 5.52 Å². The number of likely N-dealkylation sites (tertiary alicyclic amines) is 1. The van der Waals surface area contributed by atoms with Gasteiger partial charge in [-0.2, -0.15) is 0 Å². The van der Waals surface area contributed by atoms with E-state index in [-0.39, 0.29) is 11.6 Å². The minimum absolute atomic E-state index is 0.0157. The average Bonchev–Trinajstić information content (AvgIpc) is 3.30. The van der Waals surface area contributed by atoms with Crippen molar-refractivity contribution >= 4 is 10.9 Å². The predicted molar refractivity (Wildman–Crippen MR) is 120 cm³/mol. The molecule has 1 aliphatic carbocycles. The number of quaternary nitrogens is 1. The molecule has 0 radical (unpaired) electrons. The number of nitrogens with zero attached hydrogens (tertiary/aromatic N) is 4. The van der Waals surface area contributed by atoms with Crippen LogP contribution in [0.3, 0.4) is 0 Å². The first kappa shape index (κ1) is 20.4. The molecule has 0 unspecified atom stereocenters. The van der Waals surface area contributed by atoms with Gasteiger partial charge in [-0.05, 0) is 78.1 Å². The number of fused-ring (bicyclic) bond motifs is 1. The number of tetrazole rings is 1. The zero-order valence-corrected chi connectivity index (χ0v) is 18.4. The molecule has 0 bridgehead atoms. The predicted octanol–water partition coefficient (Wildman–Crippen LogP) is 2.74. The summed E-state index contributed by atoms with van der Waals surface area (Å²) in [7, 11) is 0. The molecule has 1 aromatic carbocycles. The van der Waals surface area contributed by atoms with E-state index in [9.17, 15) is 4.79 Å². The van der Waals surface area contributed by atoms with Crippen LogP contribution in [0.25, 0.3) is 10.9 Å². The average molecular weight is 422 g/mol. The molecule has 2 aliphatic rings. The van der Waals surface area contributed by atoms with Crippen molar-refractivity contribution in [2.45, 2.75) is 76.8 Å². The molecular formula is C24H33N6O+. The summed E-state index contributed by atoms with van der Waals surface area (Å²) in [6.45, 7) is 4.26. The highest BCUT2D eigenvalue weighted by atomic mass is 16.1. The molecule has 2 N–H and O–H groups in total. The maximum atomic E-state index is 13.3. The largest absolute Gasteiger partial charge is 0.322 e. The molecule has 0 amide bonds. The van der Waals surface area contributed by atoms with E-state index >= 15 is 0 Å². The topological polar surface area (TPSA) is 80.9 Å². The summed E-state index contributed by atoms with van der Waals surface area (Å²) in [6.07, 6.45) is 10.6. The Kier molecular flexibility index (Phi) is 5.85. The highest BCUT2D eigenvalue weighted by Crippen LogP contribution is 2.30. The molecule has 1 atom stereocenters. The number of piperidine rings is 1. The fourth-order valence-corrected chi connectivity index (χ4v) is 5.52. The molecule has 1 aliphatic heterocycles. The third-order valence-corrected chi connectivity index (χ3v) is 7.26. The van der Waals surface area contributed by atoms with Gasteiger partial charge in [0.25, 0.3) is 5.56 Å². The molecule has 0 spiro atoms. The Morgan fingerprint density at radius 3 is 2.65 bits per heavy atom. The van der Waals surface area contributed by atoms with Crippen LogP contribution in [0.4, 0.5) is 0 Å². The fraction of sp³-hybridized carbons (Fsp3) is 0.583. The third-order valence-electron chi connectivity index (χ3n) is 7.26. The zero-order valence-electron chi connectivity index (χ0n) is 18.4. The van der Waals surface area contributed by atoms with E-state index in [1.54, 1.807) is 0 Å². The minimum atomic E-state index is -0.129. The summed E-state index contributed by atoms with van der Waals surface area (Å²) in [5, 5.41) is 14.1. The van der Waals surface area contributed by atoms with Crippen molar-refractivity contribution in [3.05, 3.63) is 51.6 Å². The summed E-state index contributed by atoms with van der Waals surface area (Å²) in [6, 6.07) is 8.62. The second kappa shape index (κ2) is 8.91. The van der Waals surface area contributed by atoms with Crippen LogP contribution in [0.5, 0.6) is 0 Å². The molecule has 31 heavy (non-hydrogen) atoms. The Balaban J connectivity index is 1.63. The minimum Gasteiger partial charge on any atom is -0.322 e. The summed E-state index contributed by atoms with van der Waals surface area (Å²) in [5.41, 5.74) is 2.95. The van der Waals surface area contributed by atoms with Crippen LogP contribution >= 0.6 is 0 Å². The molecule has 2 aromatic heterocycles. The van der Waals surface area contributed by atoms with Gasteiger partial charge in [0.15, 0.2) is 6.04 Å². The SMILES string of the molecule is CCc1ccc2[nH]c(=O)c([C@@H](c3nnnn3C3CCCCC3)[NH+]3CCCCC3)cc2c1. The molecule has 2 fully saturated rings. The summed E-state index contributed by atoms with van der Waals surface area (Å²) >= 11 is 0. The molecule has 164 valence electrons.